The second-order valence-corrected chi connectivity index (χ2v) is 5.76. The van der Waals surface area contributed by atoms with E-state index in [1.165, 1.54) is 11.1 Å². The summed E-state index contributed by atoms with van der Waals surface area (Å²) in [5.41, 5.74) is 4.70. The third-order valence-corrected chi connectivity index (χ3v) is 4.12. The van der Waals surface area contributed by atoms with Gasteiger partial charge >= 0.3 is 5.97 Å². The van der Waals surface area contributed by atoms with Crippen molar-refractivity contribution in [2.75, 3.05) is 5.32 Å². The van der Waals surface area contributed by atoms with Crippen LogP contribution in [0.15, 0.2) is 48.5 Å². The van der Waals surface area contributed by atoms with Gasteiger partial charge in [-0.2, -0.15) is 0 Å². The molecule has 1 heterocycles. The van der Waals surface area contributed by atoms with Crippen LogP contribution in [0.4, 0.5) is 5.69 Å². The van der Waals surface area contributed by atoms with Crippen molar-refractivity contribution in [3.8, 4) is 0 Å². The lowest BCUT2D eigenvalue weighted by Gasteiger charge is -2.34. The van der Waals surface area contributed by atoms with Gasteiger partial charge in [-0.05, 0) is 36.5 Å². The summed E-state index contributed by atoms with van der Waals surface area (Å²) in [6, 6.07) is 16.5. The molecule has 0 radical (unpaired) electrons. The molecular weight excluding hydrogens is 262 g/mol. The number of benzene rings is 2. The lowest BCUT2D eigenvalue weighted by Crippen LogP contribution is -2.29. The van der Waals surface area contributed by atoms with Crippen molar-refractivity contribution >= 4 is 11.7 Å². The molecule has 0 fully saturated rings. The Bertz CT molecular complexity index is 652. The van der Waals surface area contributed by atoms with Crippen LogP contribution in [0.2, 0.25) is 0 Å². The highest BCUT2D eigenvalue weighted by Gasteiger charge is 2.30. The Morgan fingerprint density at radius 1 is 1.24 bits per heavy atom. The highest BCUT2D eigenvalue weighted by Crippen LogP contribution is 2.38. The average molecular weight is 281 g/mol. The molecule has 0 saturated carbocycles. The van der Waals surface area contributed by atoms with Crippen molar-refractivity contribution in [1.82, 2.24) is 0 Å². The maximum atomic E-state index is 11.2. The Morgan fingerprint density at radius 3 is 2.71 bits per heavy atom. The molecule has 2 aromatic carbocycles. The molecule has 108 valence electrons. The molecule has 3 rings (SSSR count). The number of anilines is 1. The van der Waals surface area contributed by atoms with Gasteiger partial charge in [0.25, 0.3) is 0 Å². The first-order valence-electron chi connectivity index (χ1n) is 7.26. The highest BCUT2D eigenvalue weighted by molar-refractivity contribution is 5.68. The first kappa shape index (κ1) is 13.7. The van der Waals surface area contributed by atoms with Gasteiger partial charge in [-0.25, -0.2) is 0 Å². The van der Waals surface area contributed by atoms with Gasteiger partial charge in [0.15, 0.2) is 0 Å². The summed E-state index contributed by atoms with van der Waals surface area (Å²) in [7, 11) is 0. The van der Waals surface area contributed by atoms with Crippen molar-refractivity contribution in [2.45, 2.75) is 25.8 Å². The molecule has 1 aliphatic heterocycles. The van der Waals surface area contributed by atoms with Crippen molar-refractivity contribution in [1.29, 1.82) is 0 Å². The molecular formula is C18H19NO2. The maximum Gasteiger partial charge on any atom is 0.303 e. The summed E-state index contributed by atoms with van der Waals surface area (Å²) in [5, 5.41) is 12.7. The molecule has 0 aliphatic carbocycles. The van der Waals surface area contributed by atoms with Gasteiger partial charge < -0.3 is 10.4 Å². The lowest BCUT2D eigenvalue weighted by molar-refractivity contribution is -0.138. The molecule has 2 atom stereocenters. The van der Waals surface area contributed by atoms with Crippen LogP contribution in [-0.2, 0) is 11.2 Å². The summed E-state index contributed by atoms with van der Waals surface area (Å²) in [6.07, 6.45) is 0.982. The van der Waals surface area contributed by atoms with Crippen LogP contribution < -0.4 is 5.32 Å². The summed E-state index contributed by atoms with van der Waals surface area (Å²) in [4.78, 5) is 11.2. The van der Waals surface area contributed by atoms with E-state index in [0.717, 1.165) is 17.7 Å². The van der Waals surface area contributed by atoms with Gasteiger partial charge in [0.2, 0.25) is 0 Å². The lowest BCUT2D eigenvalue weighted by atomic mass is 9.81. The second kappa shape index (κ2) is 5.60. The van der Waals surface area contributed by atoms with Crippen LogP contribution in [0.1, 0.15) is 29.2 Å². The zero-order chi connectivity index (χ0) is 14.8. The average Bonchev–Trinajstić information content (AvgIpc) is 2.47. The second-order valence-electron chi connectivity index (χ2n) is 5.76. The Kier molecular flexibility index (Phi) is 3.65. The quantitative estimate of drug-likeness (QED) is 0.899. The molecule has 0 amide bonds. The normalized spacial score (nSPS) is 20.4. The summed E-state index contributed by atoms with van der Waals surface area (Å²) < 4.78 is 0. The van der Waals surface area contributed by atoms with Crippen LogP contribution in [0, 0.1) is 12.8 Å². The predicted molar refractivity (Wildman–Crippen MR) is 83.4 cm³/mol. The van der Waals surface area contributed by atoms with Crippen LogP contribution in [-0.4, -0.2) is 11.1 Å². The zero-order valence-electron chi connectivity index (χ0n) is 12.0. The number of fused-ring (bicyclic) bond motifs is 1. The highest BCUT2D eigenvalue weighted by atomic mass is 16.4. The van der Waals surface area contributed by atoms with Crippen molar-refractivity contribution < 1.29 is 9.90 Å². The van der Waals surface area contributed by atoms with Crippen LogP contribution in [0.25, 0.3) is 0 Å². The predicted octanol–water partition coefficient (Wildman–Crippen LogP) is 3.80. The maximum absolute atomic E-state index is 11.2. The summed E-state index contributed by atoms with van der Waals surface area (Å²) >= 11 is 0. The van der Waals surface area contributed by atoms with Gasteiger partial charge in [-0.15, -0.1) is 0 Å². The molecule has 21 heavy (non-hydrogen) atoms. The van der Waals surface area contributed by atoms with Crippen LogP contribution in [0.3, 0.4) is 0 Å². The molecule has 0 aromatic heterocycles. The third kappa shape index (κ3) is 2.92. The standard InChI is InChI=1S/C18H19NO2/c1-12-7-8-16-14(9-12)10-15(11-17(20)21)18(19-16)13-5-3-2-4-6-13/h2-9,15,18-19H,10-11H2,1H3,(H,20,21)/t15-,18+/m1/s1. The Hall–Kier alpha value is -2.29. The molecule has 2 aromatic rings. The van der Waals surface area contributed by atoms with Gasteiger partial charge in [0, 0.05) is 5.69 Å². The van der Waals surface area contributed by atoms with Crippen molar-refractivity contribution in [3.05, 3.63) is 65.2 Å². The minimum absolute atomic E-state index is 0.0532. The molecule has 3 heteroatoms. The molecule has 2 N–H and O–H groups in total. The number of carboxylic acids is 1. The van der Waals surface area contributed by atoms with E-state index in [4.69, 9.17) is 0 Å². The zero-order valence-corrected chi connectivity index (χ0v) is 12.0. The van der Waals surface area contributed by atoms with Crippen LogP contribution >= 0.6 is 0 Å². The summed E-state index contributed by atoms with van der Waals surface area (Å²) in [6.45, 7) is 2.07. The minimum atomic E-state index is -0.737. The fourth-order valence-electron chi connectivity index (χ4n) is 3.15. The molecule has 1 aliphatic rings. The minimum Gasteiger partial charge on any atom is -0.481 e. The number of nitrogens with one attached hydrogen (secondary N) is 1. The number of rotatable bonds is 3. The molecule has 3 nitrogen and oxygen atoms in total. The molecule has 0 bridgehead atoms. The molecule has 0 spiro atoms. The summed E-state index contributed by atoms with van der Waals surface area (Å²) in [5.74, 6) is -0.668. The molecule has 0 saturated heterocycles. The topological polar surface area (TPSA) is 49.3 Å². The fraction of sp³-hybridized carbons (Fsp3) is 0.278. The Labute approximate surface area is 124 Å². The van der Waals surface area contributed by atoms with E-state index < -0.39 is 5.97 Å². The van der Waals surface area contributed by atoms with Gasteiger partial charge in [0.05, 0.1) is 12.5 Å². The number of hydrogen-bond acceptors (Lipinski definition) is 2. The third-order valence-electron chi connectivity index (χ3n) is 4.12. The van der Waals surface area contributed by atoms with Gasteiger partial charge in [-0.1, -0.05) is 48.0 Å². The monoisotopic (exact) mass is 281 g/mol. The number of aliphatic carboxylic acids is 1. The molecule has 0 unspecified atom stereocenters. The van der Waals surface area contributed by atoms with Crippen molar-refractivity contribution in [2.24, 2.45) is 5.92 Å². The van der Waals surface area contributed by atoms with Crippen LogP contribution in [0.5, 0.6) is 0 Å². The smallest absolute Gasteiger partial charge is 0.303 e. The van der Waals surface area contributed by atoms with E-state index in [1.807, 2.05) is 18.2 Å². The Balaban J connectivity index is 1.97. The number of aryl methyl sites for hydroxylation is 1. The van der Waals surface area contributed by atoms with E-state index in [9.17, 15) is 9.90 Å². The van der Waals surface area contributed by atoms with E-state index in [-0.39, 0.29) is 18.4 Å². The van der Waals surface area contributed by atoms with Crippen molar-refractivity contribution in [3.63, 3.8) is 0 Å². The van der Waals surface area contributed by atoms with E-state index in [1.54, 1.807) is 0 Å². The fourth-order valence-corrected chi connectivity index (χ4v) is 3.15. The van der Waals surface area contributed by atoms with E-state index in [2.05, 4.69) is 42.6 Å². The number of hydrogen-bond donors (Lipinski definition) is 2. The van der Waals surface area contributed by atoms with E-state index in [0.29, 0.717) is 0 Å². The number of carboxylic acid groups (broad SMARTS) is 1. The first-order chi connectivity index (χ1) is 10.1. The Morgan fingerprint density at radius 2 is 2.00 bits per heavy atom. The number of carbonyl (C=O) groups is 1. The first-order valence-corrected chi connectivity index (χ1v) is 7.26. The van der Waals surface area contributed by atoms with E-state index >= 15 is 0 Å². The van der Waals surface area contributed by atoms with Gasteiger partial charge in [0.1, 0.15) is 0 Å². The van der Waals surface area contributed by atoms with Gasteiger partial charge in [-0.3, -0.25) is 4.79 Å². The largest absolute Gasteiger partial charge is 0.481 e. The SMILES string of the molecule is Cc1ccc2c(c1)C[C@H](CC(=O)O)[C@H](c1ccccc1)N2.